The molecule has 0 amide bonds. The van der Waals surface area contributed by atoms with E-state index in [1.807, 2.05) is 0 Å². The number of nitrogens with one attached hydrogen (secondary N) is 1. The fourth-order valence-corrected chi connectivity index (χ4v) is 1.85. The van der Waals surface area contributed by atoms with Crippen LogP contribution >= 0.6 is 11.6 Å². The van der Waals surface area contributed by atoms with E-state index in [1.54, 1.807) is 13.2 Å². The molecule has 1 saturated carbocycles. The van der Waals surface area contributed by atoms with Gasteiger partial charge in [0.25, 0.3) is 0 Å². The van der Waals surface area contributed by atoms with Gasteiger partial charge in [-0.1, -0.05) is 11.6 Å². The van der Waals surface area contributed by atoms with Crippen LogP contribution in [0.5, 0.6) is 0 Å². The third-order valence-corrected chi connectivity index (χ3v) is 2.67. The van der Waals surface area contributed by atoms with Gasteiger partial charge in [0.05, 0.1) is 6.10 Å². The van der Waals surface area contributed by atoms with Crippen molar-refractivity contribution in [2.45, 2.75) is 31.6 Å². The highest BCUT2D eigenvalue weighted by atomic mass is 35.5. The molecule has 5 nitrogen and oxygen atoms in total. The number of aliphatic hydroxyl groups excluding tert-OH is 1. The number of ether oxygens (including phenoxy) is 1. The van der Waals surface area contributed by atoms with Gasteiger partial charge in [0.2, 0.25) is 0 Å². The van der Waals surface area contributed by atoms with Crippen molar-refractivity contribution >= 4 is 17.4 Å². The Bertz CT molecular complexity index is 369. The highest BCUT2D eigenvalue weighted by Crippen LogP contribution is 2.24. The SMILES string of the molecule is COCc1nc(Cl)cc(NC2CC(O)C2)n1. The van der Waals surface area contributed by atoms with Crippen molar-refractivity contribution in [3.63, 3.8) is 0 Å². The first-order chi connectivity index (χ1) is 7.67. The lowest BCUT2D eigenvalue weighted by molar-refractivity contribution is 0.0835. The van der Waals surface area contributed by atoms with Gasteiger partial charge in [0.15, 0.2) is 5.82 Å². The van der Waals surface area contributed by atoms with Crippen LogP contribution in [0.4, 0.5) is 5.82 Å². The zero-order valence-electron chi connectivity index (χ0n) is 8.98. The van der Waals surface area contributed by atoms with E-state index in [0.717, 1.165) is 12.8 Å². The molecular weight excluding hydrogens is 230 g/mol. The van der Waals surface area contributed by atoms with Crippen LogP contribution in [0.1, 0.15) is 18.7 Å². The molecule has 2 N–H and O–H groups in total. The Kier molecular flexibility index (Phi) is 3.58. The molecule has 1 heterocycles. The number of methoxy groups -OCH3 is 1. The smallest absolute Gasteiger partial charge is 0.158 e. The van der Waals surface area contributed by atoms with E-state index in [4.69, 9.17) is 16.3 Å². The lowest BCUT2D eigenvalue weighted by atomic mass is 9.89. The second-order valence-electron chi connectivity index (χ2n) is 3.89. The number of rotatable bonds is 4. The molecule has 2 rings (SSSR count). The van der Waals surface area contributed by atoms with Crippen molar-refractivity contribution in [2.75, 3.05) is 12.4 Å². The summed E-state index contributed by atoms with van der Waals surface area (Å²) >= 11 is 5.86. The Morgan fingerprint density at radius 2 is 2.31 bits per heavy atom. The molecule has 0 spiro atoms. The quantitative estimate of drug-likeness (QED) is 0.779. The third kappa shape index (κ3) is 2.81. The molecule has 0 atom stereocenters. The summed E-state index contributed by atoms with van der Waals surface area (Å²) in [6, 6.07) is 1.95. The minimum absolute atomic E-state index is 0.187. The number of hydrogen-bond donors (Lipinski definition) is 2. The van der Waals surface area contributed by atoms with Crippen molar-refractivity contribution in [3.05, 3.63) is 17.0 Å². The largest absolute Gasteiger partial charge is 0.393 e. The van der Waals surface area contributed by atoms with Gasteiger partial charge in [-0.25, -0.2) is 9.97 Å². The number of anilines is 1. The molecule has 0 radical (unpaired) electrons. The summed E-state index contributed by atoms with van der Waals surface area (Å²) in [5.74, 6) is 1.24. The van der Waals surface area contributed by atoms with Crippen LogP contribution in [0, 0.1) is 0 Å². The summed E-state index contributed by atoms with van der Waals surface area (Å²) in [6.45, 7) is 0.336. The van der Waals surface area contributed by atoms with Crippen molar-refractivity contribution < 1.29 is 9.84 Å². The first-order valence-corrected chi connectivity index (χ1v) is 5.52. The lowest BCUT2D eigenvalue weighted by Gasteiger charge is -2.32. The number of nitrogens with zero attached hydrogens (tertiary/aromatic N) is 2. The summed E-state index contributed by atoms with van der Waals surface area (Å²) in [7, 11) is 1.58. The molecule has 0 bridgehead atoms. The molecular formula is C10H14ClN3O2. The van der Waals surface area contributed by atoms with Gasteiger partial charge < -0.3 is 15.2 Å². The first-order valence-electron chi connectivity index (χ1n) is 5.14. The predicted molar refractivity (Wildman–Crippen MR) is 60.4 cm³/mol. The molecule has 0 saturated heterocycles. The lowest BCUT2D eigenvalue weighted by Crippen LogP contribution is -2.39. The van der Waals surface area contributed by atoms with Crippen LogP contribution in [-0.4, -0.2) is 34.3 Å². The molecule has 88 valence electrons. The minimum atomic E-state index is -0.187. The summed E-state index contributed by atoms with van der Waals surface area (Å²) in [5, 5.41) is 12.8. The molecule has 6 heteroatoms. The summed E-state index contributed by atoms with van der Waals surface area (Å²) in [4.78, 5) is 8.29. The number of halogens is 1. The Balaban J connectivity index is 2.02. The van der Waals surface area contributed by atoms with Crippen molar-refractivity contribution in [1.29, 1.82) is 0 Å². The maximum atomic E-state index is 9.17. The summed E-state index contributed by atoms with van der Waals surface area (Å²) in [5.41, 5.74) is 0. The van der Waals surface area contributed by atoms with E-state index in [1.165, 1.54) is 0 Å². The standard InChI is InChI=1S/C10H14ClN3O2/c1-16-5-10-13-8(11)4-9(14-10)12-6-2-7(15)3-6/h4,6-7,15H,2-3,5H2,1H3,(H,12,13,14). The second-order valence-corrected chi connectivity index (χ2v) is 4.28. The average Bonchev–Trinajstić information content (AvgIpc) is 2.15. The predicted octanol–water partition coefficient (Wildman–Crippen LogP) is 1.21. The van der Waals surface area contributed by atoms with Crippen LogP contribution in [-0.2, 0) is 11.3 Å². The Hall–Kier alpha value is -0.910. The molecule has 1 aromatic rings. The number of hydrogen-bond acceptors (Lipinski definition) is 5. The normalized spacial score (nSPS) is 23.9. The molecule has 1 aliphatic rings. The van der Waals surface area contributed by atoms with Gasteiger partial charge in [-0.15, -0.1) is 0 Å². The molecule has 0 unspecified atom stereocenters. The van der Waals surface area contributed by atoms with E-state index >= 15 is 0 Å². The van der Waals surface area contributed by atoms with Crippen molar-refractivity contribution in [3.8, 4) is 0 Å². The number of aliphatic hydroxyl groups is 1. The van der Waals surface area contributed by atoms with Crippen LogP contribution in [0.3, 0.4) is 0 Å². The topological polar surface area (TPSA) is 67.3 Å². The fourth-order valence-electron chi connectivity index (χ4n) is 1.65. The highest BCUT2D eigenvalue weighted by Gasteiger charge is 2.27. The van der Waals surface area contributed by atoms with Gasteiger partial charge in [0, 0.05) is 19.2 Å². The fraction of sp³-hybridized carbons (Fsp3) is 0.600. The van der Waals surface area contributed by atoms with Crippen LogP contribution in [0.15, 0.2) is 6.07 Å². The average molecular weight is 244 g/mol. The third-order valence-electron chi connectivity index (χ3n) is 2.48. The van der Waals surface area contributed by atoms with E-state index in [0.29, 0.717) is 23.4 Å². The maximum absolute atomic E-state index is 9.17. The molecule has 0 aliphatic heterocycles. The van der Waals surface area contributed by atoms with E-state index in [-0.39, 0.29) is 12.1 Å². The van der Waals surface area contributed by atoms with Crippen molar-refractivity contribution in [2.24, 2.45) is 0 Å². The summed E-state index contributed by atoms with van der Waals surface area (Å²) < 4.78 is 4.95. The van der Waals surface area contributed by atoms with Gasteiger partial charge in [-0.3, -0.25) is 0 Å². The second kappa shape index (κ2) is 4.95. The van der Waals surface area contributed by atoms with E-state index in [9.17, 15) is 5.11 Å². The molecule has 1 aliphatic carbocycles. The Morgan fingerprint density at radius 1 is 1.56 bits per heavy atom. The molecule has 1 aromatic heterocycles. The van der Waals surface area contributed by atoms with Gasteiger partial charge in [-0.05, 0) is 12.8 Å². The highest BCUT2D eigenvalue weighted by molar-refractivity contribution is 6.29. The van der Waals surface area contributed by atoms with Gasteiger partial charge >= 0.3 is 0 Å². The van der Waals surface area contributed by atoms with Gasteiger partial charge in [0.1, 0.15) is 17.6 Å². The van der Waals surface area contributed by atoms with Crippen molar-refractivity contribution in [1.82, 2.24) is 9.97 Å². The summed E-state index contributed by atoms with van der Waals surface area (Å²) in [6.07, 6.45) is 1.32. The number of aromatic nitrogens is 2. The first kappa shape index (κ1) is 11.6. The Morgan fingerprint density at radius 3 is 2.94 bits per heavy atom. The van der Waals surface area contributed by atoms with Gasteiger partial charge in [-0.2, -0.15) is 0 Å². The molecule has 1 fully saturated rings. The zero-order valence-corrected chi connectivity index (χ0v) is 9.74. The molecule has 0 aromatic carbocycles. The zero-order chi connectivity index (χ0) is 11.5. The van der Waals surface area contributed by atoms with E-state index in [2.05, 4.69) is 15.3 Å². The maximum Gasteiger partial charge on any atom is 0.158 e. The van der Waals surface area contributed by atoms with Crippen LogP contribution < -0.4 is 5.32 Å². The Labute approximate surface area is 98.8 Å². The minimum Gasteiger partial charge on any atom is -0.393 e. The molecule has 16 heavy (non-hydrogen) atoms. The van der Waals surface area contributed by atoms with E-state index < -0.39 is 0 Å². The monoisotopic (exact) mass is 243 g/mol. The van der Waals surface area contributed by atoms with Crippen LogP contribution in [0.25, 0.3) is 0 Å². The van der Waals surface area contributed by atoms with Crippen LogP contribution in [0.2, 0.25) is 5.15 Å².